The van der Waals surface area contributed by atoms with Crippen molar-refractivity contribution in [1.29, 1.82) is 0 Å². The van der Waals surface area contributed by atoms with Crippen LogP contribution in [0.1, 0.15) is 66.1 Å². The maximum Gasteiger partial charge on any atom is 0.253 e. The molecule has 2 aromatic carbocycles. The summed E-state index contributed by atoms with van der Waals surface area (Å²) in [6, 6.07) is 16.7. The number of halogens is 1. The highest BCUT2D eigenvalue weighted by molar-refractivity contribution is 6.30. The van der Waals surface area contributed by atoms with Gasteiger partial charge in [-0.05, 0) is 81.0 Å². The molecule has 0 bridgehead atoms. The van der Waals surface area contributed by atoms with Crippen LogP contribution >= 0.6 is 11.6 Å². The molecule has 1 fully saturated rings. The molecule has 1 aliphatic rings. The molecule has 1 N–H and O–H groups in total. The van der Waals surface area contributed by atoms with Gasteiger partial charge in [0.2, 0.25) is 0 Å². The van der Waals surface area contributed by atoms with Gasteiger partial charge in [0.25, 0.3) is 5.91 Å². The van der Waals surface area contributed by atoms with Gasteiger partial charge >= 0.3 is 0 Å². The number of likely N-dealkylation sites (N-methyl/N-ethyl adjacent to an activating group) is 1. The minimum absolute atomic E-state index is 0.0699. The lowest BCUT2D eigenvalue weighted by Crippen LogP contribution is -2.39. The monoisotopic (exact) mass is 428 g/mol. The molecule has 4 nitrogen and oxygen atoms in total. The number of rotatable bonds is 7. The largest absolute Gasteiger partial charge is 0.395 e. The molecule has 3 rings (SSSR count). The minimum atomic E-state index is 0.0699. The number of nitrogens with zero attached hydrogens (tertiary/aromatic N) is 2. The molecule has 0 spiro atoms. The molecule has 30 heavy (non-hydrogen) atoms. The van der Waals surface area contributed by atoms with Crippen LogP contribution in [0.25, 0.3) is 0 Å². The fourth-order valence-corrected chi connectivity index (χ4v) is 4.54. The van der Waals surface area contributed by atoms with Crippen LogP contribution in [0.4, 0.5) is 0 Å². The first-order valence-electron chi connectivity index (χ1n) is 10.8. The third-order valence-corrected chi connectivity index (χ3v) is 6.91. The van der Waals surface area contributed by atoms with Gasteiger partial charge in [-0.25, -0.2) is 0 Å². The fourth-order valence-electron chi connectivity index (χ4n) is 4.41. The summed E-state index contributed by atoms with van der Waals surface area (Å²) in [5.41, 5.74) is 3.36. The number of hydrogen-bond acceptors (Lipinski definition) is 3. The summed E-state index contributed by atoms with van der Waals surface area (Å²) in [5, 5.41) is 9.79. The van der Waals surface area contributed by atoms with Gasteiger partial charge in [0, 0.05) is 36.3 Å². The van der Waals surface area contributed by atoms with E-state index in [1.54, 1.807) is 24.3 Å². The van der Waals surface area contributed by atoms with Crippen LogP contribution in [0, 0.1) is 0 Å². The van der Waals surface area contributed by atoms with Gasteiger partial charge in [-0.1, -0.05) is 35.9 Å². The van der Waals surface area contributed by atoms with Crippen LogP contribution in [-0.4, -0.2) is 54.1 Å². The molecule has 1 amide bonds. The Morgan fingerprint density at radius 2 is 1.63 bits per heavy atom. The maximum absolute atomic E-state index is 12.8. The number of aliphatic hydroxyl groups excluding tert-OH is 1. The van der Waals surface area contributed by atoms with E-state index in [4.69, 9.17) is 16.7 Å². The Hall–Kier alpha value is -1.88. The van der Waals surface area contributed by atoms with Crippen LogP contribution in [0.15, 0.2) is 48.5 Å². The topological polar surface area (TPSA) is 43.8 Å². The zero-order chi connectivity index (χ0) is 21.7. The SMILES string of the molecule is CC(c1ccc(C2CCC(N(C)C(=O)c3ccc(Cl)cc3)CC2)cc1)N(C)CCO. The summed E-state index contributed by atoms with van der Waals surface area (Å²) in [6.45, 7) is 3.02. The molecule has 5 heteroatoms. The van der Waals surface area contributed by atoms with E-state index in [0.717, 1.165) is 25.7 Å². The Morgan fingerprint density at radius 1 is 1.03 bits per heavy atom. The molecule has 0 aromatic heterocycles. The number of carbonyl (C=O) groups excluding carboxylic acids is 1. The first kappa shape index (κ1) is 22.8. The highest BCUT2D eigenvalue weighted by Gasteiger charge is 2.28. The van der Waals surface area contributed by atoms with Crippen LogP contribution in [0.2, 0.25) is 5.02 Å². The number of aliphatic hydroxyl groups is 1. The average Bonchev–Trinajstić information content (AvgIpc) is 2.78. The van der Waals surface area contributed by atoms with Gasteiger partial charge in [-0.3, -0.25) is 9.69 Å². The Morgan fingerprint density at radius 3 is 2.20 bits per heavy atom. The van der Waals surface area contributed by atoms with E-state index < -0.39 is 0 Å². The molecule has 162 valence electrons. The van der Waals surface area contributed by atoms with Crippen LogP contribution < -0.4 is 0 Å². The van der Waals surface area contributed by atoms with Gasteiger partial charge in [0.05, 0.1) is 6.61 Å². The number of benzene rings is 2. The van der Waals surface area contributed by atoms with E-state index in [-0.39, 0.29) is 24.6 Å². The third kappa shape index (κ3) is 5.42. The predicted molar refractivity (Wildman–Crippen MR) is 123 cm³/mol. The van der Waals surface area contributed by atoms with Crippen molar-refractivity contribution in [3.8, 4) is 0 Å². The van der Waals surface area contributed by atoms with Gasteiger partial charge in [0.15, 0.2) is 0 Å². The molecule has 2 aromatic rings. The summed E-state index contributed by atoms with van der Waals surface area (Å²) >= 11 is 5.94. The molecular weight excluding hydrogens is 396 g/mol. The van der Waals surface area contributed by atoms with Crippen LogP contribution in [0.5, 0.6) is 0 Å². The summed E-state index contributed by atoms with van der Waals surface area (Å²) < 4.78 is 0. The summed E-state index contributed by atoms with van der Waals surface area (Å²) in [6.07, 6.45) is 4.25. The average molecular weight is 429 g/mol. The van der Waals surface area contributed by atoms with Gasteiger partial charge in [0.1, 0.15) is 0 Å². The van der Waals surface area contributed by atoms with Crippen LogP contribution in [0.3, 0.4) is 0 Å². The fraction of sp³-hybridized carbons (Fsp3) is 0.480. The lowest BCUT2D eigenvalue weighted by Gasteiger charge is -2.35. The first-order chi connectivity index (χ1) is 14.4. The third-order valence-electron chi connectivity index (χ3n) is 6.66. The van der Waals surface area contributed by atoms with Crippen molar-refractivity contribution in [3.63, 3.8) is 0 Å². The van der Waals surface area contributed by atoms with Gasteiger partial charge in [-0.2, -0.15) is 0 Å². The zero-order valence-electron chi connectivity index (χ0n) is 18.2. The van der Waals surface area contributed by atoms with Crippen molar-refractivity contribution in [2.75, 3.05) is 27.2 Å². The summed E-state index contributed by atoms with van der Waals surface area (Å²) in [4.78, 5) is 16.8. The van der Waals surface area contributed by atoms with E-state index in [2.05, 4.69) is 36.1 Å². The van der Waals surface area contributed by atoms with E-state index >= 15 is 0 Å². The quantitative estimate of drug-likeness (QED) is 0.665. The summed E-state index contributed by atoms with van der Waals surface area (Å²) in [5.74, 6) is 0.625. The molecule has 0 radical (unpaired) electrons. The normalized spacial score (nSPS) is 20.2. The lowest BCUT2D eigenvalue weighted by molar-refractivity contribution is 0.0689. The zero-order valence-corrected chi connectivity index (χ0v) is 19.0. The van der Waals surface area contributed by atoms with Crippen molar-refractivity contribution in [2.24, 2.45) is 0 Å². The van der Waals surface area contributed by atoms with E-state index in [1.165, 1.54) is 11.1 Å². The van der Waals surface area contributed by atoms with Crippen molar-refractivity contribution in [3.05, 3.63) is 70.2 Å². The molecule has 1 atom stereocenters. The molecule has 0 heterocycles. The second kappa shape index (κ2) is 10.4. The standard InChI is InChI=1S/C25H33ClN2O2/c1-18(27(2)16-17-29)19-4-6-20(7-5-19)21-10-14-24(15-11-21)28(3)25(30)22-8-12-23(26)13-9-22/h4-9,12-13,18,21,24,29H,10-11,14-17H2,1-3H3. The van der Waals surface area contributed by atoms with Gasteiger partial charge < -0.3 is 10.0 Å². The predicted octanol–water partition coefficient (Wildman–Crippen LogP) is 5.12. The van der Waals surface area contributed by atoms with Crippen molar-refractivity contribution < 1.29 is 9.90 Å². The second-order valence-electron chi connectivity index (χ2n) is 8.48. The smallest absolute Gasteiger partial charge is 0.253 e. The Bertz CT molecular complexity index is 814. The van der Waals surface area contributed by atoms with Crippen molar-refractivity contribution in [1.82, 2.24) is 9.80 Å². The number of amides is 1. The number of hydrogen-bond donors (Lipinski definition) is 1. The molecule has 1 unspecified atom stereocenters. The first-order valence-corrected chi connectivity index (χ1v) is 11.2. The minimum Gasteiger partial charge on any atom is -0.395 e. The molecule has 1 saturated carbocycles. The Labute approximate surface area is 185 Å². The van der Waals surface area contributed by atoms with Crippen molar-refractivity contribution >= 4 is 17.5 Å². The second-order valence-corrected chi connectivity index (χ2v) is 8.91. The Balaban J connectivity index is 1.56. The molecular formula is C25H33ClN2O2. The molecule has 0 aliphatic heterocycles. The maximum atomic E-state index is 12.8. The van der Waals surface area contributed by atoms with E-state index in [0.29, 0.717) is 23.0 Å². The van der Waals surface area contributed by atoms with E-state index in [9.17, 15) is 4.79 Å². The number of carbonyl (C=O) groups is 1. The highest BCUT2D eigenvalue weighted by atomic mass is 35.5. The van der Waals surface area contributed by atoms with Crippen molar-refractivity contribution in [2.45, 2.75) is 50.6 Å². The van der Waals surface area contributed by atoms with Crippen LogP contribution in [-0.2, 0) is 0 Å². The highest BCUT2D eigenvalue weighted by Crippen LogP contribution is 2.35. The lowest BCUT2D eigenvalue weighted by atomic mass is 9.81. The molecule has 1 aliphatic carbocycles. The van der Waals surface area contributed by atoms with Gasteiger partial charge in [-0.15, -0.1) is 0 Å². The van der Waals surface area contributed by atoms with E-state index in [1.807, 2.05) is 19.0 Å². The summed E-state index contributed by atoms with van der Waals surface area (Å²) in [7, 11) is 3.96. The Kier molecular flexibility index (Phi) is 7.93. The molecule has 0 saturated heterocycles.